The summed E-state index contributed by atoms with van der Waals surface area (Å²) in [5.41, 5.74) is 1.90. The summed E-state index contributed by atoms with van der Waals surface area (Å²) >= 11 is 1.69. The van der Waals surface area contributed by atoms with Gasteiger partial charge in [-0.1, -0.05) is 132 Å². The quantitative estimate of drug-likeness (QED) is 0.168. The average Bonchev–Trinajstić information content (AvgIpc) is 2.99. The fourth-order valence-corrected chi connectivity index (χ4v) is 8.27. The molecule has 1 aliphatic rings. The summed E-state index contributed by atoms with van der Waals surface area (Å²) in [7, 11) is -4.37. The van der Waals surface area contributed by atoms with Gasteiger partial charge in [-0.05, 0) is 59.5 Å². The van der Waals surface area contributed by atoms with Crippen molar-refractivity contribution in [3.8, 4) is 0 Å². The van der Waals surface area contributed by atoms with Gasteiger partial charge in [0.15, 0.2) is 16.6 Å². The van der Waals surface area contributed by atoms with Crippen molar-refractivity contribution in [3.05, 3.63) is 102 Å². The first kappa shape index (κ1) is 37.1. The highest BCUT2D eigenvalue weighted by Gasteiger charge is 2.53. The van der Waals surface area contributed by atoms with E-state index in [0.29, 0.717) is 19.8 Å². The Hall–Kier alpha value is -1.76. The van der Waals surface area contributed by atoms with Gasteiger partial charge in [0.1, 0.15) is 29.9 Å². The van der Waals surface area contributed by atoms with Crippen LogP contribution in [0.5, 0.6) is 0 Å². The molecule has 252 valence electrons. The van der Waals surface area contributed by atoms with Crippen molar-refractivity contribution in [2.75, 3.05) is 6.61 Å². The minimum atomic E-state index is -2.29. The predicted molar refractivity (Wildman–Crippen MR) is 196 cm³/mol. The molecule has 46 heavy (non-hydrogen) atoms. The molecule has 0 unspecified atom stereocenters. The van der Waals surface area contributed by atoms with Gasteiger partial charge in [-0.25, -0.2) is 0 Å². The second kappa shape index (κ2) is 15.6. The third-order valence-corrected chi connectivity index (χ3v) is 19.9. The number of thioether (sulfide) groups is 1. The Labute approximate surface area is 285 Å². The van der Waals surface area contributed by atoms with Gasteiger partial charge in [0.05, 0.1) is 19.8 Å². The van der Waals surface area contributed by atoms with Crippen molar-refractivity contribution >= 4 is 28.4 Å². The van der Waals surface area contributed by atoms with Gasteiger partial charge in [-0.15, -0.1) is 0 Å². The molecule has 0 N–H and O–H groups in total. The lowest BCUT2D eigenvalue weighted by Gasteiger charge is -2.50. The largest absolute Gasteiger partial charge is 0.414 e. The Bertz CT molecular complexity index is 1330. The van der Waals surface area contributed by atoms with Crippen molar-refractivity contribution in [2.24, 2.45) is 0 Å². The third-order valence-electron chi connectivity index (χ3n) is 9.81. The first-order valence-electron chi connectivity index (χ1n) is 16.6. The van der Waals surface area contributed by atoms with E-state index in [9.17, 15) is 0 Å². The molecule has 4 rings (SSSR count). The number of ether oxygens (including phenoxy) is 3. The zero-order chi connectivity index (χ0) is 33.6. The van der Waals surface area contributed by atoms with Crippen LogP contribution in [0.4, 0.5) is 0 Å². The van der Waals surface area contributed by atoms with Gasteiger partial charge < -0.3 is 23.1 Å². The third kappa shape index (κ3) is 9.89. The molecule has 0 aliphatic carbocycles. The lowest BCUT2D eigenvalue weighted by atomic mass is 9.99. The molecular weight excluding hydrogens is 625 g/mol. The molecule has 0 radical (unpaired) electrons. The average molecular weight is 681 g/mol. The molecule has 0 spiro atoms. The van der Waals surface area contributed by atoms with Crippen LogP contribution >= 0.6 is 11.8 Å². The highest BCUT2D eigenvalue weighted by Crippen LogP contribution is 2.44. The van der Waals surface area contributed by atoms with Crippen LogP contribution in [0.1, 0.15) is 52.7 Å². The normalized spacial score (nSPS) is 23.0. The van der Waals surface area contributed by atoms with Gasteiger partial charge in [-0.3, -0.25) is 0 Å². The first-order valence-corrected chi connectivity index (χ1v) is 23.3. The molecule has 5 nitrogen and oxygen atoms in total. The lowest BCUT2D eigenvalue weighted by Crippen LogP contribution is -2.64. The number of hydrogen-bond donors (Lipinski definition) is 0. The molecule has 1 saturated heterocycles. The molecule has 3 aromatic rings. The highest BCUT2D eigenvalue weighted by atomic mass is 32.2. The van der Waals surface area contributed by atoms with Crippen LogP contribution in [0.25, 0.3) is 0 Å². The Balaban J connectivity index is 1.77. The van der Waals surface area contributed by atoms with Crippen LogP contribution in [0, 0.1) is 0 Å². The number of rotatable bonds is 13. The maximum absolute atomic E-state index is 7.39. The molecule has 5 atom stereocenters. The molecule has 0 bridgehead atoms. The summed E-state index contributed by atoms with van der Waals surface area (Å²) in [5.74, 6) is 0. The summed E-state index contributed by atoms with van der Waals surface area (Å²) in [5, 5.41) is 0.0626. The molecule has 3 aromatic carbocycles. The molecule has 8 heteroatoms. The van der Waals surface area contributed by atoms with Crippen LogP contribution in [0.2, 0.25) is 36.3 Å². The molecule has 1 heterocycles. The minimum Gasteiger partial charge on any atom is -0.414 e. The van der Waals surface area contributed by atoms with E-state index < -0.39 is 22.7 Å². The Morgan fingerprint density at radius 2 is 1.07 bits per heavy atom. The maximum atomic E-state index is 7.39. The summed E-state index contributed by atoms with van der Waals surface area (Å²) in [4.78, 5) is 1.12. The Morgan fingerprint density at radius 3 is 1.54 bits per heavy atom. The van der Waals surface area contributed by atoms with E-state index in [-0.39, 0.29) is 33.8 Å². The van der Waals surface area contributed by atoms with Crippen LogP contribution in [-0.2, 0) is 36.3 Å². The van der Waals surface area contributed by atoms with Crippen molar-refractivity contribution < 1.29 is 23.1 Å². The van der Waals surface area contributed by atoms with Gasteiger partial charge in [0, 0.05) is 4.90 Å². The van der Waals surface area contributed by atoms with Crippen molar-refractivity contribution in [2.45, 2.75) is 126 Å². The van der Waals surface area contributed by atoms with Gasteiger partial charge in [0.2, 0.25) is 0 Å². The van der Waals surface area contributed by atoms with E-state index in [1.54, 1.807) is 11.8 Å². The molecule has 0 saturated carbocycles. The maximum Gasteiger partial charge on any atom is 0.192 e. The SMILES string of the molecule is CC(C)(C)[Si](C)(C)OC[C@H]1O[C@@H](Sc2ccccc2)[C@H](OCc2ccccc2)[C@@H](O[Si](C)(C)C(C)(C)C)[C@H]1OCc1ccccc1. The van der Waals surface area contributed by atoms with E-state index in [2.05, 4.69) is 141 Å². The van der Waals surface area contributed by atoms with Gasteiger partial charge in [0.25, 0.3) is 0 Å². The van der Waals surface area contributed by atoms with Gasteiger partial charge in [-0.2, -0.15) is 0 Å². The summed E-state index contributed by atoms with van der Waals surface area (Å²) in [6.07, 6.45) is -1.49. The zero-order valence-corrected chi connectivity index (χ0v) is 32.4. The monoisotopic (exact) mass is 680 g/mol. The topological polar surface area (TPSA) is 46.2 Å². The Morgan fingerprint density at radius 1 is 0.609 bits per heavy atom. The van der Waals surface area contributed by atoms with E-state index in [0.717, 1.165) is 16.0 Å². The Kier molecular flexibility index (Phi) is 12.6. The van der Waals surface area contributed by atoms with Crippen molar-refractivity contribution in [3.63, 3.8) is 0 Å². The van der Waals surface area contributed by atoms with E-state index >= 15 is 0 Å². The van der Waals surface area contributed by atoms with Crippen LogP contribution < -0.4 is 0 Å². The molecule has 0 amide bonds. The van der Waals surface area contributed by atoms with Gasteiger partial charge >= 0.3 is 0 Å². The van der Waals surface area contributed by atoms with E-state index in [4.69, 9.17) is 23.1 Å². The zero-order valence-electron chi connectivity index (χ0n) is 29.6. The number of benzene rings is 3. The predicted octanol–water partition coefficient (Wildman–Crippen LogP) is 10.1. The summed E-state index contributed by atoms with van der Waals surface area (Å²) < 4.78 is 35.1. The van der Waals surface area contributed by atoms with Crippen LogP contribution in [-0.4, -0.2) is 53.1 Å². The minimum absolute atomic E-state index is 0.00549. The number of hydrogen-bond acceptors (Lipinski definition) is 6. The second-order valence-corrected chi connectivity index (χ2v) is 26.1. The summed E-state index contributed by atoms with van der Waals surface area (Å²) in [6.45, 7) is 24.2. The molecule has 1 aliphatic heterocycles. The second-order valence-electron chi connectivity index (χ2n) is 15.4. The molecule has 1 fully saturated rings. The van der Waals surface area contributed by atoms with Crippen LogP contribution in [0.3, 0.4) is 0 Å². The highest BCUT2D eigenvalue weighted by molar-refractivity contribution is 7.99. The first-order chi connectivity index (χ1) is 21.6. The summed E-state index contributed by atoms with van der Waals surface area (Å²) in [6, 6.07) is 31.1. The molecule has 0 aromatic heterocycles. The van der Waals surface area contributed by atoms with Crippen molar-refractivity contribution in [1.29, 1.82) is 0 Å². The fraction of sp³-hybridized carbons (Fsp3) is 0.526. The van der Waals surface area contributed by atoms with E-state index in [1.165, 1.54) is 0 Å². The van der Waals surface area contributed by atoms with E-state index in [1.807, 2.05) is 18.2 Å². The lowest BCUT2D eigenvalue weighted by molar-refractivity contribution is -0.232. The van der Waals surface area contributed by atoms with Crippen LogP contribution in [0.15, 0.2) is 95.9 Å². The molecular formula is C38H56O5SSi2. The fourth-order valence-electron chi connectivity index (χ4n) is 4.81. The van der Waals surface area contributed by atoms with Crippen molar-refractivity contribution in [1.82, 2.24) is 0 Å². The smallest absolute Gasteiger partial charge is 0.192 e. The standard InChI is InChI=1S/C38H56O5SSi2/c1-37(2,3)45(7,8)41-28-32-33(39-26-29-20-14-11-15-21-29)34(43-46(9,10)38(4,5)6)35(40-27-30-22-16-12-17-23-30)36(42-32)44-31-24-18-13-19-25-31/h11-25,32-36H,26-28H2,1-10H3/t32-,33+,34+,35-,36+/m1/s1.